The van der Waals surface area contributed by atoms with Crippen molar-refractivity contribution in [2.75, 3.05) is 12.0 Å². The number of rotatable bonds is 5. The van der Waals surface area contributed by atoms with Gasteiger partial charge in [-0.05, 0) is 48.5 Å². The molecule has 3 aromatic rings. The van der Waals surface area contributed by atoms with Gasteiger partial charge in [0, 0.05) is 23.4 Å². The fraction of sp³-hybridized carbons (Fsp3) is 0.0909. The Hall–Kier alpha value is -4.23. The summed E-state index contributed by atoms with van der Waals surface area (Å²) in [7, 11) is 1.55. The fourth-order valence-corrected chi connectivity index (χ4v) is 3.70. The third-order valence-corrected chi connectivity index (χ3v) is 5.37. The van der Waals surface area contributed by atoms with Crippen LogP contribution in [0, 0.1) is 21.4 Å². The Labute approximate surface area is 188 Å². The van der Waals surface area contributed by atoms with Crippen molar-refractivity contribution in [1.82, 2.24) is 5.32 Å². The van der Waals surface area contributed by atoms with Crippen molar-refractivity contribution >= 4 is 29.9 Å². The minimum absolute atomic E-state index is 0.0281. The summed E-state index contributed by atoms with van der Waals surface area (Å²) in [4.78, 5) is 24.6. The molecule has 0 bridgehead atoms. The first kappa shape index (κ1) is 21.0. The van der Waals surface area contributed by atoms with Gasteiger partial charge >= 0.3 is 0 Å². The van der Waals surface area contributed by atoms with Crippen LogP contribution in [0.15, 0.2) is 75.7 Å². The highest BCUT2D eigenvalue weighted by Gasteiger charge is 2.35. The molecule has 0 saturated carbocycles. The Balaban J connectivity index is 1.73. The maximum Gasteiger partial charge on any atom is 0.269 e. The van der Waals surface area contributed by atoms with Crippen molar-refractivity contribution in [3.8, 4) is 23.1 Å². The van der Waals surface area contributed by atoms with Gasteiger partial charge in [-0.2, -0.15) is 5.26 Å². The van der Waals surface area contributed by atoms with E-state index < -0.39 is 17.0 Å². The Morgan fingerprint density at radius 3 is 2.44 bits per heavy atom. The van der Waals surface area contributed by atoms with E-state index in [9.17, 15) is 20.2 Å². The van der Waals surface area contributed by atoms with Gasteiger partial charge in [0.25, 0.3) is 11.6 Å². The molecule has 0 spiro atoms. The number of furan rings is 1. The minimum atomic E-state index is -0.771. The summed E-state index contributed by atoms with van der Waals surface area (Å²) in [6.45, 7) is 0. The van der Waals surface area contributed by atoms with Crippen molar-refractivity contribution in [3.63, 3.8) is 0 Å². The summed E-state index contributed by atoms with van der Waals surface area (Å²) >= 11 is 4.45. The summed E-state index contributed by atoms with van der Waals surface area (Å²) in [5, 5.41) is 23.2. The molecule has 10 heteroatoms. The molecular formula is C22H16N4O5S. The fourth-order valence-electron chi connectivity index (χ4n) is 3.32. The van der Waals surface area contributed by atoms with E-state index in [1.54, 1.807) is 60.5 Å². The van der Waals surface area contributed by atoms with Crippen LogP contribution in [0.25, 0.3) is 11.3 Å². The zero-order valence-electron chi connectivity index (χ0n) is 16.7. The number of carbonyl (C=O) groups is 1. The molecule has 0 saturated heterocycles. The number of nitro groups is 1. The molecule has 1 aliphatic rings. The molecule has 2 heterocycles. The van der Waals surface area contributed by atoms with Gasteiger partial charge in [0.2, 0.25) is 0 Å². The van der Waals surface area contributed by atoms with Crippen LogP contribution in [0.3, 0.4) is 0 Å². The molecule has 1 aliphatic heterocycles. The number of amides is 1. The number of methoxy groups -OCH3 is 1. The van der Waals surface area contributed by atoms with Gasteiger partial charge in [-0.15, -0.1) is 12.6 Å². The van der Waals surface area contributed by atoms with Crippen LogP contribution in [-0.4, -0.2) is 17.9 Å². The van der Waals surface area contributed by atoms with Gasteiger partial charge in [-0.1, -0.05) is 0 Å². The van der Waals surface area contributed by atoms with E-state index in [1.165, 1.54) is 12.1 Å². The average molecular weight is 448 g/mol. The number of nitrogens with one attached hydrogen (secondary N) is 1. The zero-order valence-corrected chi connectivity index (χ0v) is 17.6. The minimum Gasteiger partial charge on any atom is -0.497 e. The SMILES string of the molecule is COc1ccc(N2C(S)=C(C#N)C(=O)N[C@@H]2c2ccc(-c3ccc([N+](=O)[O-])cc3)o2)cc1. The second-order valence-corrected chi connectivity index (χ2v) is 7.18. The first-order valence-corrected chi connectivity index (χ1v) is 9.79. The molecule has 0 fully saturated rings. The van der Waals surface area contributed by atoms with Crippen molar-refractivity contribution in [3.05, 3.63) is 87.1 Å². The number of benzene rings is 2. The van der Waals surface area contributed by atoms with Gasteiger partial charge in [0.1, 0.15) is 28.9 Å². The number of hydrogen-bond donors (Lipinski definition) is 2. The number of nitriles is 1. The molecule has 9 nitrogen and oxygen atoms in total. The largest absolute Gasteiger partial charge is 0.497 e. The predicted octanol–water partition coefficient (Wildman–Crippen LogP) is 4.16. The van der Waals surface area contributed by atoms with Gasteiger partial charge in [-0.25, -0.2) is 0 Å². The maximum absolute atomic E-state index is 12.5. The summed E-state index contributed by atoms with van der Waals surface area (Å²) in [6.07, 6.45) is -0.771. The lowest BCUT2D eigenvalue weighted by atomic mass is 10.1. The van der Waals surface area contributed by atoms with Crippen molar-refractivity contribution in [2.24, 2.45) is 0 Å². The zero-order chi connectivity index (χ0) is 22.8. The Kier molecular flexibility index (Phi) is 5.57. The first-order valence-electron chi connectivity index (χ1n) is 9.35. The standard InChI is InChI=1S/C22H16N4O5S/c1-30-16-8-6-14(7-9-16)25-20(24-21(27)17(12-23)22(25)32)19-11-10-18(31-19)13-2-4-15(5-3-13)26(28)29/h2-11,20,32H,1H3,(H,24,27)/t20-/m0/s1. The monoisotopic (exact) mass is 448 g/mol. The number of non-ortho nitro benzene ring substituents is 1. The van der Waals surface area contributed by atoms with Gasteiger partial charge < -0.3 is 19.4 Å². The highest BCUT2D eigenvalue weighted by molar-refractivity contribution is 7.84. The topological polar surface area (TPSA) is 122 Å². The molecule has 1 aromatic heterocycles. The predicted molar refractivity (Wildman–Crippen MR) is 119 cm³/mol. The molecule has 1 atom stereocenters. The summed E-state index contributed by atoms with van der Waals surface area (Å²) < 4.78 is 11.2. The van der Waals surface area contributed by atoms with Crippen molar-refractivity contribution < 1.29 is 18.9 Å². The third kappa shape index (κ3) is 3.77. The number of ether oxygens (including phenoxy) is 1. The summed E-state index contributed by atoms with van der Waals surface area (Å²) in [5.41, 5.74) is 1.14. The van der Waals surface area contributed by atoms with Gasteiger partial charge in [0.05, 0.1) is 17.1 Å². The lowest BCUT2D eigenvalue weighted by molar-refractivity contribution is -0.384. The van der Waals surface area contributed by atoms with Gasteiger partial charge in [-0.3, -0.25) is 14.9 Å². The number of thiol groups is 1. The smallest absolute Gasteiger partial charge is 0.269 e. The summed E-state index contributed by atoms with van der Waals surface area (Å²) in [6, 6.07) is 18.3. The quantitative estimate of drug-likeness (QED) is 0.341. The Bertz CT molecular complexity index is 1260. The van der Waals surface area contributed by atoms with Crippen LogP contribution in [0.4, 0.5) is 11.4 Å². The molecule has 1 amide bonds. The van der Waals surface area contributed by atoms with Crippen LogP contribution >= 0.6 is 12.6 Å². The highest BCUT2D eigenvalue weighted by Crippen LogP contribution is 2.38. The highest BCUT2D eigenvalue weighted by atomic mass is 32.1. The molecular weight excluding hydrogens is 432 g/mol. The Morgan fingerprint density at radius 2 is 1.84 bits per heavy atom. The van der Waals surface area contributed by atoms with E-state index in [0.29, 0.717) is 28.5 Å². The molecule has 160 valence electrons. The molecule has 1 N–H and O–H groups in total. The Morgan fingerprint density at radius 1 is 1.16 bits per heavy atom. The lowest BCUT2D eigenvalue weighted by Crippen LogP contribution is -2.45. The molecule has 32 heavy (non-hydrogen) atoms. The van der Waals surface area contributed by atoms with Crippen molar-refractivity contribution in [1.29, 1.82) is 5.26 Å². The number of anilines is 1. The van der Waals surface area contributed by atoms with Crippen LogP contribution in [0.2, 0.25) is 0 Å². The first-order chi connectivity index (χ1) is 15.4. The number of nitro benzene ring substituents is 1. The molecule has 4 rings (SSSR count). The van der Waals surface area contributed by atoms with E-state index in [0.717, 1.165) is 0 Å². The van der Waals surface area contributed by atoms with Crippen LogP contribution < -0.4 is 15.0 Å². The van der Waals surface area contributed by atoms with E-state index in [1.807, 2.05) is 6.07 Å². The molecule has 0 aliphatic carbocycles. The van der Waals surface area contributed by atoms with E-state index in [2.05, 4.69) is 17.9 Å². The van der Waals surface area contributed by atoms with Crippen molar-refractivity contribution in [2.45, 2.75) is 6.17 Å². The molecule has 0 radical (unpaired) electrons. The summed E-state index contributed by atoms with van der Waals surface area (Å²) in [5.74, 6) is 0.941. The third-order valence-electron chi connectivity index (χ3n) is 4.93. The number of carbonyl (C=O) groups excluding carboxylic acids is 1. The van der Waals surface area contributed by atoms with Crippen LogP contribution in [0.1, 0.15) is 11.9 Å². The van der Waals surface area contributed by atoms with E-state index in [-0.39, 0.29) is 16.3 Å². The molecule has 0 unspecified atom stereocenters. The lowest BCUT2D eigenvalue weighted by Gasteiger charge is -2.36. The number of nitrogens with zero attached hydrogens (tertiary/aromatic N) is 3. The van der Waals surface area contributed by atoms with Crippen LogP contribution in [0.5, 0.6) is 5.75 Å². The second kappa shape index (κ2) is 8.49. The van der Waals surface area contributed by atoms with Gasteiger partial charge in [0.15, 0.2) is 6.17 Å². The van der Waals surface area contributed by atoms with E-state index in [4.69, 9.17) is 9.15 Å². The van der Waals surface area contributed by atoms with E-state index >= 15 is 0 Å². The number of hydrogen-bond acceptors (Lipinski definition) is 8. The average Bonchev–Trinajstić information content (AvgIpc) is 3.29. The second-order valence-electron chi connectivity index (χ2n) is 6.76. The van der Waals surface area contributed by atoms with Crippen LogP contribution in [-0.2, 0) is 4.79 Å². The molecule has 2 aromatic carbocycles. The normalized spacial score (nSPS) is 15.8. The maximum atomic E-state index is 12.5.